The van der Waals surface area contributed by atoms with Crippen molar-refractivity contribution in [1.29, 1.82) is 0 Å². The fourth-order valence-corrected chi connectivity index (χ4v) is 2.45. The van der Waals surface area contributed by atoms with Crippen LogP contribution < -0.4 is 4.72 Å². The number of halogens is 1. The summed E-state index contributed by atoms with van der Waals surface area (Å²) in [4.78, 5) is 0. The standard InChI is InChI=1S/C15H14FNO2S/c1-12-6-8-13(9-7-12)10-11-20(18,19)17-15-5-3-2-4-14(15)16/h2-11,17H,1H3. The SMILES string of the molecule is Cc1ccc(C=CS(=O)(=O)Nc2ccccc2F)cc1. The first-order valence-corrected chi connectivity index (χ1v) is 7.53. The second kappa shape index (κ2) is 5.88. The molecule has 2 aromatic rings. The third-order valence-corrected chi connectivity index (χ3v) is 3.64. The van der Waals surface area contributed by atoms with Crippen LogP contribution in [0.15, 0.2) is 53.9 Å². The summed E-state index contributed by atoms with van der Waals surface area (Å²) >= 11 is 0. The minimum atomic E-state index is -3.74. The van der Waals surface area contributed by atoms with E-state index < -0.39 is 15.8 Å². The van der Waals surface area contributed by atoms with Gasteiger partial charge in [0.2, 0.25) is 0 Å². The van der Waals surface area contributed by atoms with E-state index in [0.29, 0.717) is 0 Å². The number of hydrogen-bond donors (Lipinski definition) is 1. The van der Waals surface area contributed by atoms with Crippen LogP contribution in [-0.4, -0.2) is 8.42 Å². The van der Waals surface area contributed by atoms with Gasteiger partial charge in [0.25, 0.3) is 10.0 Å². The lowest BCUT2D eigenvalue weighted by Crippen LogP contribution is -2.09. The lowest BCUT2D eigenvalue weighted by atomic mass is 10.2. The Morgan fingerprint density at radius 1 is 1.05 bits per heavy atom. The van der Waals surface area contributed by atoms with Crippen molar-refractivity contribution < 1.29 is 12.8 Å². The van der Waals surface area contributed by atoms with E-state index in [1.54, 1.807) is 6.07 Å². The zero-order valence-corrected chi connectivity index (χ0v) is 11.7. The van der Waals surface area contributed by atoms with Gasteiger partial charge >= 0.3 is 0 Å². The van der Waals surface area contributed by atoms with Gasteiger partial charge in [-0.2, -0.15) is 0 Å². The number of nitrogens with one attached hydrogen (secondary N) is 1. The molecule has 0 radical (unpaired) electrons. The summed E-state index contributed by atoms with van der Waals surface area (Å²) in [7, 11) is -3.74. The predicted molar refractivity (Wildman–Crippen MR) is 79.2 cm³/mol. The van der Waals surface area contributed by atoms with Crippen LogP contribution in [0.25, 0.3) is 6.08 Å². The molecule has 0 bridgehead atoms. The van der Waals surface area contributed by atoms with E-state index in [1.807, 2.05) is 31.2 Å². The Hall–Kier alpha value is -2.14. The maximum absolute atomic E-state index is 13.4. The zero-order valence-electron chi connectivity index (χ0n) is 10.9. The first-order valence-electron chi connectivity index (χ1n) is 5.98. The number of aryl methyl sites for hydroxylation is 1. The molecular formula is C15H14FNO2S. The maximum atomic E-state index is 13.4. The second-order valence-corrected chi connectivity index (χ2v) is 5.91. The molecule has 0 atom stereocenters. The van der Waals surface area contributed by atoms with E-state index in [0.717, 1.165) is 16.5 Å². The molecule has 104 valence electrons. The highest BCUT2D eigenvalue weighted by Gasteiger charge is 2.08. The Labute approximate surface area is 117 Å². The third kappa shape index (κ3) is 3.93. The zero-order chi connectivity index (χ0) is 14.6. The molecule has 0 saturated heterocycles. The van der Waals surface area contributed by atoms with Gasteiger partial charge in [-0.15, -0.1) is 0 Å². The summed E-state index contributed by atoms with van der Waals surface area (Å²) < 4.78 is 39.2. The largest absolute Gasteiger partial charge is 0.277 e. The van der Waals surface area contributed by atoms with Crippen LogP contribution >= 0.6 is 0 Å². The van der Waals surface area contributed by atoms with E-state index in [9.17, 15) is 12.8 Å². The Bertz CT molecular complexity index is 722. The monoisotopic (exact) mass is 291 g/mol. The summed E-state index contributed by atoms with van der Waals surface area (Å²) in [5, 5.41) is 1.02. The van der Waals surface area contributed by atoms with E-state index in [2.05, 4.69) is 4.72 Å². The van der Waals surface area contributed by atoms with Crippen molar-refractivity contribution in [3.05, 3.63) is 70.9 Å². The third-order valence-electron chi connectivity index (χ3n) is 2.64. The first kappa shape index (κ1) is 14.3. The molecule has 5 heteroatoms. The summed E-state index contributed by atoms with van der Waals surface area (Å²) in [6, 6.07) is 13.0. The van der Waals surface area contributed by atoms with Gasteiger partial charge in [-0.1, -0.05) is 42.0 Å². The van der Waals surface area contributed by atoms with Crippen LogP contribution in [0.3, 0.4) is 0 Å². The van der Waals surface area contributed by atoms with Gasteiger partial charge in [0.1, 0.15) is 5.82 Å². The predicted octanol–water partition coefficient (Wildman–Crippen LogP) is 3.55. The minimum Gasteiger partial charge on any atom is -0.277 e. The number of benzene rings is 2. The van der Waals surface area contributed by atoms with Crippen molar-refractivity contribution in [1.82, 2.24) is 0 Å². The van der Waals surface area contributed by atoms with E-state index in [4.69, 9.17) is 0 Å². The number of hydrogen-bond acceptors (Lipinski definition) is 2. The van der Waals surface area contributed by atoms with E-state index >= 15 is 0 Å². The van der Waals surface area contributed by atoms with Crippen LogP contribution in [0.4, 0.5) is 10.1 Å². The van der Waals surface area contributed by atoms with Crippen molar-refractivity contribution >= 4 is 21.8 Å². The smallest absolute Gasteiger partial charge is 0.255 e. The second-order valence-electron chi connectivity index (χ2n) is 4.34. The maximum Gasteiger partial charge on any atom is 0.255 e. The molecule has 2 rings (SSSR count). The van der Waals surface area contributed by atoms with Gasteiger partial charge in [-0.25, -0.2) is 12.8 Å². The Kier molecular flexibility index (Phi) is 4.20. The number of sulfonamides is 1. The molecule has 0 saturated carbocycles. The Morgan fingerprint density at radius 3 is 2.35 bits per heavy atom. The van der Waals surface area contributed by atoms with Crippen molar-refractivity contribution in [2.75, 3.05) is 4.72 Å². The quantitative estimate of drug-likeness (QED) is 0.936. The van der Waals surface area contributed by atoms with E-state index in [-0.39, 0.29) is 5.69 Å². The number of anilines is 1. The van der Waals surface area contributed by atoms with Gasteiger partial charge in [0, 0.05) is 0 Å². The van der Waals surface area contributed by atoms with Crippen LogP contribution in [0.2, 0.25) is 0 Å². The van der Waals surface area contributed by atoms with Gasteiger partial charge in [0.05, 0.1) is 11.1 Å². The molecule has 0 aromatic heterocycles. The lowest BCUT2D eigenvalue weighted by molar-refractivity contribution is 0.606. The fraction of sp³-hybridized carbons (Fsp3) is 0.0667. The van der Waals surface area contributed by atoms with Crippen LogP contribution in [0.1, 0.15) is 11.1 Å². The van der Waals surface area contributed by atoms with Crippen molar-refractivity contribution in [2.24, 2.45) is 0 Å². The molecule has 0 heterocycles. The van der Waals surface area contributed by atoms with Gasteiger partial charge in [0.15, 0.2) is 0 Å². The number of rotatable bonds is 4. The molecule has 20 heavy (non-hydrogen) atoms. The molecule has 0 aliphatic heterocycles. The summed E-state index contributed by atoms with van der Waals surface area (Å²) in [5.41, 5.74) is 1.78. The minimum absolute atomic E-state index is 0.0685. The lowest BCUT2D eigenvalue weighted by Gasteiger charge is -2.05. The molecule has 0 amide bonds. The van der Waals surface area contributed by atoms with Crippen molar-refractivity contribution in [3.63, 3.8) is 0 Å². The molecule has 0 aliphatic rings. The normalized spacial score (nSPS) is 11.7. The highest BCUT2D eigenvalue weighted by atomic mass is 32.2. The molecule has 2 aromatic carbocycles. The van der Waals surface area contributed by atoms with Crippen molar-refractivity contribution in [3.8, 4) is 0 Å². The van der Waals surface area contributed by atoms with Gasteiger partial charge < -0.3 is 0 Å². The Morgan fingerprint density at radius 2 is 1.70 bits per heavy atom. The Balaban J connectivity index is 2.15. The first-order chi connectivity index (χ1) is 9.46. The topological polar surface area (TPSA) is 46.2 Å². The molecule has 0 spiro atoms. The highest BCUT2D eigenvalue weighted by Crippen LogP contribution is 2.15. The van der Waals surface area contributed by atoms with Gasteiger partial charge in [-0.3, -0.25) is 4.72 Å². The van der Waals surface area contributed by atoms with Crippen LogP contribution in [0.5, 0.6) is 0 Å². The molecule has 0 fully saturated rings. The summed E-state index contributed by atoms with van der Waals surface area (Å²) in [6.07, 6.45) is 1.46. The van der Waals surface area contributed by atoms with Crippen LogP contribution in [0, 0.1) is 12.7 Å². The molecule has 0 aliphatic carbocycles. The highest BCUT2D eigenvalue weighted by molar-refractivity contribution is 7.95. The molecule has 1 N–H and O–H groups in total. The summed E-state index contributed by atoms with van der Waals surface area (Å²) in [5.74, 6) is -0.611. The molecule has 0 unspecified atom stereocenters. The van der Waals surface area contributed by atoms with Crippen LogP contribution in [-0.2, 0) is 10.0 Å². The van der Waals surface area contributed by atoms with Gasteiger partial charge in [-0.05, 0) is 30.7 Å². The average Bonchev–Trinajstić information content (AvgIpc) is 2.41. The van der Waals surface area contributed by atoms with Crippen molar-refractivity contribution in [2.45, 2.75) is 6.92 Å². The average molecular weight is 291 g/mol. The summed E-state index contributed by atoms with van der Waals surface area (Å²) in [6.45, 7) is 1.95. The fourth-order valence-electron chi connectivity index (χ4n) is 1.58. The number of para-hydroxylation sites is 1. The molecular weight excluding hydrogens is 277 g/mol. The molecule has 3 nitrogen and oxygen atoms in total. The van der Waals surface area contributed by atoms with E-state index in [1.165, 1.54) is 24.3 Å².